The van der Waals surface area contributed by atoms with Gasteiger partial charge in [0.25, 0.3) is 5.56 Å². The SMILES string of the molecule is CC(C)OC(=O)/C=C/c1cc(-n2c(=O)cc(C(F)(F)F)n(C)c2=O)c(F)cc1Cl. The Morgan fingerprint density at radius 2 is 1.83 bits per heavy atom. The third-order valence-electron chi connectivity index (χ3n) is 3.67. The van der Waals surface area contributed by atoms with E-state index >= 15 is 0 Å². The molecule has 0 bridgehead atoms. The number of halogens is 5. The molecule has 29 heavy (non-hydrogen) atoms. The van der Waals surface area contributed by atoms with E-state index in [0.29, 0.717) is 0 Å². The summed E-state index contributed by atoms with van der Waals surface area (Å²) in [4.78, 5) is 36.1. The summed E-state index contributed by atoms with van der Waals surface area (Å²) in [5.74, 6) is -1.83. The first-order valence-corrected chi connectivity index (χ1v) is 8.49. The quantitative estimate of drug-likeness (QED) is 0.420. The van der Waals surface area contributed by atoms with E-state index in [4.69, 9.17) is 16.3 Å². The highest BCUT2D eigenvalue weighted by atomic mass is 35.5. The van der Waals surface area contributed by atoms with Crippen molar-refractivity contribution in [2.75, 3.05) is 0 Å². The van der Waals surface area contributed by atoms with Crippen molar-refractivity contribution < 1.29 is 27.1 Å². The molecule has 0 radical (unpaired) electrons. The van der Waals surface area contributed by atoms with Crippen LogP contribution in [0.4, 0.5) is 17.6 Å². The Hall–Kier alpha value is -2.88. The molecule has 0 unspecified atom stereocenters. The summed E-state index contributed by atoms with van der Waals surface area (Å²) in [5.41, 5.74) is -4.84. The lowest BCUT2D eigenvalue weighted by molar-refractivity contribution is -0.144. The fourth-order valence-electron chi connectivity index (χ4n) is 2.40. The van der Waals surface area contributed by atoms with E-state index in [-0.39, 0.29) is 31.9 Å². The lowest BCUT2D eigenvalue weighted by Gasteiger charge is -2.15. The van der Waals surface area contributed by atoms with Gasteiger partial charge in [0.1, 0.15) is 11.5 Å². The van der Waals surface area contributed by atoms with Gasteiger partial charge in [0, 0.05) is 19.2 Å². The Morgan fingerprint density at radius 3 is 2.38 bits per heavy atom. The molecular formula is C18H15ClF4N2O4. The molecule has 0 saturated carbocycles. The molecule has 0 saturated heterocycles. The highest BCUT2D eigenvalue weighted by Crippen LogP contribution is 2.27. The average molecular weight is 435 g/mol. The normalized spacial score (nSPS) is 12.0. The first kappa shape index (κ1) is 22.4. The zero-order chi connectivity index (χ0) is 22.1. The van der Waals surface area contributed by atoms with Crippen molar-refractivity contribution >= 4 is 23.6 Å². The van der Waals surface area contributed by atoms with Crippen molar-refractivity contribution in [3.05, 3.63) is 67.2 Å². The third kappa shape index (κ3) is 4.94. The molecular weight excluding hydrogens is 420 g/mol. The van der Waals surface area contributed by atoms with E-state index < -0.39 is 40.6 Å². The maximum Gasteiger partial charge on any atom is 0.431 e. The monoisotopic (exact) mass is 434 g/mol. The molecule has 0 atom stereocenters. The summed E-state index contributed by atoms with van der Waals surface area (Å²) >= 11 is 5.91. The molecule has 156 valence electrons. The maximum atomic E-state index is 14.4. The van der Waals surface area contributed by atoms with Crippen molar-refractivity contribution in [1.29, 1.82) is 0 Å². The molecule has 0 aliphatic heterocycles. The first-order valence-electron chi connectivity index (χ1n) is 8.11. The van der Waals surface area contributed by atoms with Crippen LogP contribution in [0.3, 0.4) is 0 Å². The second-order valence-corrected chi connectivity index (χ2v) is 6.59. The van der Waals surface area contributed by atoms with Crippen LogP contribution in [-0.4, -0.2) is 21.2 Å². The molecule has 0 N–H and O–H groups in total. The molecule has 1 aromatic carbocycles. The summed E-state index contributed by atoms with van der Waals surface area (Å²) in [6, 6.07) is 1.92. The van der Waals surface area contributed by atoms with Crippen LogP contribution >= 0.6 is 11.6 Å². The number of ether oxygens (including phenoxy) is 1. The van der Waals surface area contributed by atoms with E-state index in [0.717, 1.165) is 31.3 Å². The highest BCUT2D eigenvalue weighted by molar-refractivity contribution is 6.32. The number of rotatable bonds is 4. The minimum absolute atomic E-state index is 0.0395. The zero-order valence-electron chi connectivity index (χ0n) is 15.4. The molecule has 11 heteroatoms. The Kier molecular flexibility index (Phi) is 6.37. The second-order valence-electron chi connectivity index (χ2n) is 6.19. The minimum Gasteiger partial charge on any atom is -0.460 e. The Bertz CT molecular complexity index is 1100. The first-order chi connectivity index (χ1) is 13.3. The molecule has 0 aliphatic carbocycles. The van der Waals surface area contributed by atoms with E-state index in [2.05, 4.69) is 0 Å². The number of benzene rings is 1. The number of hydrogen-bond donors (Lipinski definition) is 0. The van der Waals surface area contributed by atoms with Gasteiger partial charge in [-0.2, -0.15) is 13.2 Å². The molecule has 6 nitrogen and oxygen atoms in total. The summed E-state index contributed by atoms with van der Waals surface area (Å²) < 4.78 is 58.6. The fourth-order valence-corrected chi connectivity index (χ4v) is 2.61. The Labute approximate surface area is 166 Å². The number of alkyl halides is 3. The zero-order valence-corrected chi connectivity index (χ0v) is 16.1. The van der Waals surface area contributed by atoms with E-state index in [9.17, 15) is 31.9 Å². The van der Waals surface area contributed by atoms with Crippen LogP contribution in [0, 0.1) is 5.82 Å². The van der Waals surface area contributed by atoms with Gasteiger partial charge in [-0.25, -0.2) is 18.5 Å². The van der Waals surface area contributed by atoms with Crippen LogP contribution in [-0.2, 0) is 22.8 Å². The molecule has 0 amide bonds. The van der Waals surface area contributed by atoms with Crippen molar-refractivity contribution in [3.63, 3.8) is 0 Å². The summed E-state index contributed by atoms with van der Waals surface area (Å²) in [5, 5.41) is -0.156. The lowest BCUT2D eigenvalue weighted by atomic mass is 10.1. The number of carbonyl (C=O) groups is 1. The highest BCUT2D eigenvalue weighted by Gasteiger charge is 2.35. The van der Waals surface area contributed by atoms with Crippen molar-refractivity contribution in [2.24, 2.45) is 7.05 Å². The van der Waals surface area contributed by atoms with E-state index in [1.807, 2.05) is 0 Å². The van der Waals surface area contributed by atoms with Crippen LogP contribution in [0.15, 0.2) is 33.9 Å². The van der Waals surface area contributed by atoms with Gasteiger partial charge in [-0.05, 0) is 37.6 Å². The Morgan fingerprint density at radius 1 is 1.21 bits per heavy atom. The smallest absolute Gasteiger partial charge is 0.431 e. The van der Waals surface area contributed by atoms with Gasteiger partial charge in [-0.3, -0.25) is 9.36 Å². The number of carbonyl (C=O) groups excluding carboxylic acids is 1. The molecule has 1 aromatic heterocycles. The number of esters is 1. The third-order valence-corrected chi connectivity index (χ3v) is 4.00. The van der Waals surface area contributed by atoms with Crippen LogP contribution < -0.4 is 11.2 Å². The fraction of sp³-hybridized carbons (Fsp3) is 0.278. The molecule has 0 fully saturated rings. The van der Waals surface area contributed by atoms with E-state index in [1.165, 1.54) is 0 Å². The number of hydrogen-bond acceptors (Lipinski definition) is 4. The molecule has 2 aromatic rings. The summed E-state index contributed by atoms with van der Waals surface area (Å²) in [6.07, 6.45) is -3.18. The largest absolute Gasteiger partial charge is 0.460 e. The van der Waals surface area contributed by atoms with Crippen molar-refractivity contribution in [2.45, 2.75) is 26.1 Å². The molecule has 2 rings (SSSR count). The molecule has 0 aliphatic rings. The standard InChI is InChI=1S/C18H15ClF4N2O4/c1-9(2)29-16(27)5-4-10-6-13(12(20)7-11(10)19)25-15(26)8-14(18(21,22)23)24(3)17(25)28/h4-9H,1-3H3/b5-4+. The van der Waals surface area contributed by atoms with Gasteiger partial charge in [0.05, 0.1) is 16.8 Å². The summed E-state index contributed by atoms with van der Waals surface area (Å²) in [7, 11) is 0.803. The van der Waals surface area contributed by atoms with Gasteiger partial charge in [-0.15, -0.1) is 0 Å². The molecule has 0 spiro atoms. The van der Waals surface area contributed by atoms with Gasteiger partial charge >= 0.3 is 17.8 Å². The van der Waals surface area contributed by atoms with Gasteiger partial charge < -0.3 is 4.74 Å². The van der Waals surface area contributed by atoms with E-state index in [1.54, 1.807) is 13.8 Å². The summed E-state index contributed by atoms with van der Waals surface area (Å²) in [6.45, 7) is 3.25. The van der Waals surface area contributed by atoms with Gasteiger partial charge in [0.2, 0.25) is 0 Å². The maximum absolute atomic E-state index is 14.4. The van der Waals surface area contributed by atoms with Crippen molar-refractivity contribution in [3.8, 4) is 5.69 Å². The minimum atomic E-state index is -4.95. The van der Waals surface area contributed by atoms with Gasteiger partial charge in [-0.1, -0.05) is 11.6 Å². The van der Waals surface area contributed by atoms with Crippen LogP contribution in [0.2, 0.25) is 5.02 Å². The van der Waals surface area contributed by atoms with Crippen LogP contribution in [0.1, 0.15) is 25.1 Å². The average Bonchev–Trinajstić information content (AvgIpc) is 2.57. The van der Waals surface area contributed by atoms with Crippen LogP contribution in [0.5, 0.6) is 0 Å². The Balaban J connectivity index is 2.64. The predicted molar refractivity (Wildman–Crippen MR) is 97.5 cm³/mol. The van der Waals surface area contributed by atoms with Gasteiger partial charge in [0.15, 0.2) is 0 Å². The van der Waals surface area contributed by atoms with Crippen molar-refractivity contribution in [1.82, 2.24) is 9.13 Å². The lowest BCUT2D eigenvalue weighted by Crippen LogP contribution is -2.41. The molecule has 1 heterocycles. The topological polar surface area (TPSA) is 70.3 Å². The number of nitrogens with zero attached hydrogens (tertiary/aromatic N) is 2. The van der Waals surface area contributed by atoms with Crippen LogP contribution in [0.25, 0.3) is 11.8 Å². The number of aromatic nitrogens is 2. The predicted octanol–water partition coefficient (Wildman–Crippen LogP) is 3.31. The second kappa shape index (κ2) is 8.24.